The van der Waals surface area contributed by atoms with Gasteiger partial charge in [0.05, 0.1) is 12.8 Å². The SMILES string of the molecule is OCc1cc(F)cnc1N1CC=C(C(F)(F)F)CC1. The van der Waals surface area contributed by atoms with E-state index >= 15 is 0 Å². The van der Waals surface area contributed by atoms with Crippen molar-refractivity contribution < 1.29 is 22.7 Å². The van der Waals surface area contributed by atoms with Crippen LogP contribution in [0.3, 0.4) is 0 Å². The Morgan fingerprint density at radius 3 is 2.63 bits per heavy atom. The molecule has 7 heteroatoms. The number of aliphatic hydroxyl groups is 1. The van der Waals surface area contributed by atoms with Gasteiger partial charge >= 0.3 is 6.18 Å². The van der Waals surface area contributed by atoms with E-state index in [-0.39, 0.29) is 25.1 Å². The van der Waals surface area contributed by atoms with Crippen molar-refractivity contribution in [1.82, 2.24) is 4.98 Å². The third-order valence-electron chi connectivity index (χ3n) is 2.95. The molecule has 0 saturated heterocycles. The first-order valence-corrected chi connectivity index (χ1v) is 5.68. The summed E-state index contributed by atoms with van der Waals surface area (Å²) in [6.07, 6.45) is -2.37. The average molecular weight is 276 g/mol. The minimum absolute atomic E-state index is 0.0421. The van der Waals surface area contributed by atoms with Crippen LogP contribution in [0.4, 0.5) is 23.4 Å². The maximum atomic E-state index is 13.0. The molecule has 3 nitrogen and oxygen atoms in total. The summed E-state index contributed by atoms with van der Waals surface area (Å²) in [5.41, 5.74) is -0.291. The minimum Gasteiger partial charge on any atom is -0.392 e. The molecule has 0 bridgehead atoms. The minimum atomic E-state index is -4.30. The molecular weight excluding hydrogens is 264 g/mol. The number of hydrogen-bond acceptors (Lipinski definition) is 3. The van der Waals surface area contributed by atoms with E-state index in [9.17, 15) is 17.6 Å². The molecule has 0 aliphatic carbocycles. The van der Waals surface area contributed by atoms with Gasteiger partial charge in [0.15, 0.2) is 0 Å². The van der Waals surface area contributed by atoms with Crippen molar-refractivity contribution in [2.75, 3.05) is 18.0 Å². The monoisotopic (exact) mass is 276 g/mol. The van der Waals surface area contributed by atoms with Crippen molar-refractivity contribution in [3.63, 3.8) is 0 Å². The summed E-state index contributed by atoms with van der Waals surface area (Å²) in [4.78, 5) is 5.42. The Labute approximate surface area is 107 Å². The lowest BCUT2D eigenvalue weighted by Gasteiger charge is -2.29. The van der Waals surface area contributed by atoms with E-state index in [1.54, 1.807) is 4.90 Å². The van der Waals surface area contributed by atoms with Gasteiger partial charge in [0.2, 0.25) is 0 Å². The first-order valence-electron chi connectivity index (χ1n) is 5.68. The second-order valence-electron chi connectivity index (χ2n) is 4.22. The molecule has 104 valence electrons. The second kappa shape index (κ2) is 5.16. The number of nitrogens with zero attached hydrogens (tertiary/aromatic N) is 2. The largest absolute Gasteiger partial charge is 0.412 e. The van der Waals surface area contributed by atoms with Gasteiger partial charge in [-0.2, -0.15) is 13.2 Å². The van der Waals surface area contributed by atoms with Crippen LogP contribution in [-0.2, 0) is 6.61 Å². The summed E-state index contributed by atoms with van der Waals surface area (Å²) < 4.78 is 50.4. The summed E-state index contributed by atoms with van der Waals surface area (Å²) >= 11 is 0. The fraction of sp³-hybridized carbons (Fsp3) is 0.417. The summed E-state index contributed by atoms with van der Waals surface area (Å²) in [6.45, 7) is -0.232. The fourth-order valence-electron chi connectivity index (χ4n) is 1.99. The molecule has 0 aromatic carbocycles. The average Bonchev–Trinajstić information content (AvgIpc) is 2.37. The lowest BCUT2D eigenvalue weighted by atomic mass is 10.1. The van der Waals surface area contributed by atoms with Gasteiger partial charge in [0.25, 0.3) is 0 Å². The van der Waals surface area contributed by atoms with Crippen LogP contribution >= 0.6 is 0 Å². The molecule has 1 aromatic heterocycles. The Balaban J connectivity index is 2.20. The molecule has 0 atom stereocenters. The molecule has 2 heterocycles. The molecule has 0 unspecified atom stereocenters. The zero-order valence-electron chi connectivity index (χ0n) is 9.91. The number of hydrogen-bond donors (Lipinski definition) is 1. The van der Waals surface area contributed by atoms with Gasteiger partial charge in [-0.3, -0.25) is 0 Å². The number of aliphatic hydroxyl groups excluding tert-OH is 1. The molecule has 0 fully saturated rings. The predicted molar refractivity (Wildman–Crippen MR) is 61.1 cm³/mol. The molecule has 0 spiro atoms. The third kappa shape index (κ3) is 3.04. The Morgan fingerprint density at radius 1 is 1.37 bits per heavy atom. The first-order chi connectivity index (χ1) is 8.91. The van der Waals surface area contributed by atoms with Crippen LogP contribution in [0, 0.1) is 5.82 Å². The van der Waals surface area contributed by atoms with Crippen LogP contribution in [0.1, 0.15) is 12.0 Å². The van der Waals surface area contributed by atoms with Gasteiger partial charge in [-0.1, -0.05) is 6.08 Å². The van der Waals surface area contributed by atoms with Crippen LogP contribution in [-0.4, -0.2) is 29.4 Å². The number of anilines is 1. The zero-order chi connectivity index (χ0) is 14.0. The molecule has 0 amide bonds. The van der Waals surface area contributed by atoms with E-state index in [4.69, 9.17) is 5.11 Å². The summed E-state index contributed by atoms with van der Waals surface area (Å²) in [6, 6.07) is 1.13. The van der Waals surface area contributed by atoms with Crippen LogP contribution in [0.15, 0.2) is 23.9 Å². The number of pyridine rings is 1. The van der Waals surface area contributed by atoms with Gasteiger partial charge in [-0.25, -0.2) is 9.37 Å². The zero-order valence-corrected chi connectivity index (χ0v) is 9.91. The standard InChI is InChI=1S/C12H12F4N2O/c13-10-5-8(7-19)11(17-6-10)18-3-1-9(2-4-18)12(14,15)16/h1,5-6,19H,2-4,7H2. The van der Waals surface area contributed by atoms with Crippen LogP contribution in [0.25, 0.3) is 0 Å². The lowest BCUT2D eigenvalue weighted by molar-refractivity contribution is -0.0944. The van der Waals surface area contributed by atoms with Crippen LogP contribution in [0.2, 0.25) is 0 Å². The molecule has 0 radical (unpaired) electrons. The summed E-state index contributed by atoms with van der Waals surface area (Å²) in [5.74, 6) is -0.266. The molecule has 2 rings (SSSR count). The molecule has 1 aliphatic rings. The van der Waals surface area contributed by atoms with E-state index in [1.807, 2.05) is 0 Å². The lowest BCUT2D eigenvalue weighted by Crippen LogP contribution is -2.33. The Kier molecular flexibility index (Phi) is 3.75. The second-order valence-corrected chi connectivity index (χ2v) is 4.22. The summed E-state index contributed by atoms with van der Waals surface area (Å²) in [7, 11) is 0. The highest BCUT2D eigenvalue weighted by molar-refractivity contribution is 5.48. The first kappa shape index (κ1) is 13.8. The maximum Gasteiger partial charge on any atom is 0.412 e. The highest BCUT2D eigenvalue weighted by Gasteiger charge is 2.35. The van der Waals surface area contributed by atoms with Crippen molar-refractivity contribution in [1.29, 1.82) is 0 Å². The Morgan fingerprint density at radius 2 is 2.11 bits per heavy atom. The van der Waals surface area contributed by atoms with Gasteiger partial charge < -0.3 is 10.0 Å². The van der Waals surface area contributed by atoms with Crippen molar-refractivity contribution in [3.05, 3.63) is 35.3 Å². The quantitative estimate of drug-likeness (QED) is 0.665. The Hall–Kier alpha value is -1.63. The van der Waals surface area contributed by atoms with Crippen LogP contribution < -0.4 is 4.90 Å². The van der Waals surface area contributed by atoms with E-state index in [0.29, 0.717) is 5.82 Å². The smallest absolute Gasteiger partial charge is 0.392 e. The van der Waals surface area contributed by atoms with Gasteiger partial charge in [0.1, 0.15) is 11.6 Å². The van der Waals surface area contributed by atoms with E-state index < -0.39 is 24.2 Å². The van der Waals surface area contributed by atoms with Crippen molar-refractivity contribution in [2.24, 2.45) is 0 Å². The van der Waals surface area contributed by atoms with Gasteiger partial charge in [0, 0.05) is 24.2 Å². The van der Waals surface area contributed by atoms with Gasteiger partial charge in [-0.15, -0.1) is 0 Å². The number of aromatic nitrogens is 1. The van der Waals surface area contributed by atoms with E-state index in [2.05, 4.69) is 4.98 Å². The maximum absolute atomic E-state index is 13.0. The molecular formula is C12H12F4N2O. The van der Waals surface area contributed by atoms with E-state index in [1.165, 1.54) is 0 Å². The van der Waals surface area contributed by atoms with Gasteiger partial charge in [-0.05, 0) is 12.5 Å². The normalized spacial score (nSPS) is 16.5. The molecule has 19 heavy (non-hydrogen) atoms. The number of alkyl halides is 3. The van der Waals surface area contributed by atoms with Crippen LogP contribution in [0.5, 0.6) is 0 Å². The van der Waals surface area contributed by atoms with Crippen molar-refractivity contribution >= 4 is 5.82 Å². The highest BCUT2D eigenvalue weighted by atomic mass is 19.4. The van der Waals surface area contributed by atoms with Crippen molar-refractivity contribution in [3.8, 4) is 0 Å². The topological polar surface area (TPSA) is 36.4 Å². The molecule has 1 N–H and O–H groups in total. The Bertz CT molecular complexity index is 499. The predicted octanol–water partition coefficient (Wildman–Crippen LogP) is 2.41. The molecule has 1 aromatic rings. The number of rotatable bonds is 2. The third-order valence-corrected chi connectivity index (χ3v) is 2.95. The van der Waals surface area contributed by atoms with Crippen molar-refractivity contribution in [2.45, 2.75) is 19.2 Å². The fourth-order valence-corrected chi connectivity index (χ4v) is 1.99. The summed E-state index contributed by atoms with van der Waals surface area (Å²) in [5, 5.41) is 9.13. The molecule has 1 aliphatic heterocycles. The molecule has 0 saturated carbocycles. The number of halogens is 4. The highest BCUT2D eigenvalue weighted by Crippen LogP contribution is 2.31. The van der Waals surface area contributed by atoms with E-state index in [0.717, 1.165) is 18.3 Å².